The van der Waals surface area contributed by atoms with Gasteiger partial charge in [0, 0.05) is 11.0 Å². The van der Waals surface area contributed by atoms with Crippen LogP contribution in [0.2, 0.25) is 0 Å². The first-order valence-electron chi connectivity index (χ1n) is 3.54. The lowest BCUT2D eigenvalue weighted by molar-refractivity contribution is 0.830. The van der Waals surface area contributed by atoms with Crippen molar-refractivity contribution in [1.82, 2.24) is 5.32 Å². The summed E-state index contributed by atoms with van der Waals surface area (Å²) in [5.74, 6) is 0.479. The molecule has 0 amide bonds. The number of guanidine groups is 1. The molecule has 0 radical (unpaired) electrons. The molecule has 0 fully saturated rings. The van der Waals surface area contributed by atoms with E-state index in [-0.39, 0.29) is 0 Å². The number of rotatable bonds is 4. The molecule has 0 aliphatic heterocycles. The second kappa shape index (κ2) is 6.22. The van der Waals surface area contributed by atoms with Crippen LogP contribution in [0.15, 0.2) is 16.1 Å². The Hall–Kier alpha value is -0.510. The summed E-state index contributed by atoms with van der Waals surface area (Å²) >= 11 is 3.19. The van der Waals surface area contributed by atoms with E-state index < -0.39 is 0 Å². The highest BCUT2D eigenvalue weighted by atomic mass is 79.9. The second-order valence-corrected chi connectivity index (χ2v) is 3.27. The molecular formula is C7H14BrN3. The zero-order valence-corrected chi connectivity index (χ0v) is 8.32. The number of hydrogen-bond donors (Lipinski definition) is 2. The van der Waals surface area contributed by atoms with Crippen LogP contribution in [0.4, 0.5) is 0 Å². The fourth-order valence-electron chi connectivity index (χ4n) is 0.480. The van der Waals surface area contributed by atoms with Crippen molar-refractivity contribution in [1.29, 1.82) is 0 Å². The van der Waals surface area contributed by atoms with Gasteiger partial charge in [-0.15, -0.1) is 0 Å². The summed E-state index contributed by atoms with van der Waals surface area (Å²) in [6.45, 7) is 7.10. The van der Waals surface area contributed by atoms with Crippen molar-refractivity contribution in [3.05, 3.63) is 11.1 Å². The average molecular weight is 220 g/mol. The lowest BCUT2D eigenvalue weighted by Gasteiger charge is -2.01. The largest absolute Gasteiger partial charge is 0.370 e. The summed E-state index contributed by atoms with van der Waals surface area (Å²) < 4.78 is 0.832. The fourth-order valence-corrected chi connectivity index (χ4v) is 0.605. The van der Waals surface area contributed by atoms with Gasteiger partial charge in [0.25, 0.3) is 0 Å². The number of aliphatic imine (C=N–C) groups is 1. The van der Waals surface area contributed by atoms with E-state index in [2.05, 4.69) is 39.7 Å². The Kier molecular flexibility index (Phi) is 5.93. The van der Waals surface area contributed by atoms with Crippen LogP contribution in [0.25, 0.3) is 0 Å². The molecule has 0 heterocycles. The number of halogens is 1. The summed E-state index contributed by atoms with van der Waals surface area (Å²) in [6, 6.07) is 0. The molecule has 0 aromatic heterocycles. The van der Waals surface area contributed by atoms with Crippen molar-refractivity contribution in [3.8, 4) is 0 Å². The third kappa shape index (κ3) is 7.39. The summed E-state index contributed by atoms with van der Waals surface area (Å²) in [4.78, 5) is 4.00. The van der Waals surface area contributed by atoms with Crippen LogP contribution >= 0.6 is 15.9 Å². The minimum absolute atomic E-state index is 0.479. The van der Waals surface area contributed by atoms with Gasteiger partial charge in [0.15, 0.2) is 5.96 Å². The SMILES string of the molecule is C=C(Br)CN=C(N)NCCC. The van der Waals surface area contributed by atoms with Crippen molar-refractivity contribution in [2.45, 2.75) is 13.3 Å². The Balaban J connectivity index is 3.54. The van der Waals surface area contributed by atoms with Crippen LogP contribution in [0.5, 0.6) is 0 Å². The number of nitrogens with one attached hydrogen (secondary N) is 1. The lowest BCUT2D eigenvalue weighted by Crippen LogP contribution is -2.32. The maximum atomic E-state index is 5.48. The third-order valence-electron chi connectivity index (χ3n) is 0.977. The van der Waals surface area contributed by atoms with Gasteiger partial charge in [-0.25, -0.2) is 4.99 Å². The minimum Gasteiger partial charge on any atom is -0.370 e. The predicted molar refractivity (Wildman–Crippen MR) is 52.9 cm³/mol. The molecule has 0 aromatic rings. The monoisotopic (exact) mass is 219 g/mol. The Morgan fingerprint density at radius 1 is 1.73 bits per heavy atom. The standard InChI is InChI=1S/C7H14BrN3/c1-3-4-10-7(9)11-5-6(2)8/h2-5H2,1H3,(H3,9,10,11). The molecule has 3 N–H and O–H groups in total. The molecule has 0 atom stereocenters. The number of nitrogens with two attached hydrogens (primary N) is 1. The van der Waals surface area contributed by atoms with E-state index in [0.717, 1.165) is 17.4 Å². The van der Waals surface area contributed by atoms with E-state index in [9.17, 15) is 0 Å². The van der Waals surface area contributed by atoms with E-state index >= 15 is 0 Å². The van der Waals surface area contributed by atoms with E-state index in [0.29, 0.717) is 12.5 Å². The van der Waals surface area contributed by atoms with Crippen molar-refractivity contribution in [2.24, 2.45) is 10.7 Å². The summed E-state index contributed by atoms with van der Waals surface area (Å²) in [6.07, 6.45) is 1.05. The Morgan fingerprint density at radius 2 is 2.36 bits per heavy atom. The molecule has 3 nitrogen and oxygen atoms in total. The molecule has 0 aliphatic rings. The van der Waals surface area contributed by atoms with Gasteiger partial charge in [0.2, 0.25) is 0 Å². The molecule has 0 spiro atoms. The summed E-state index contributed by atoms with van der Waals surface area (Å²) in [7, 11) is 0. The Labute approximate surface area is 75.9 Å². The van der Waals surface area contributed by atoms with Crippen molar-refractivity contribution < 1.29 is 0 Å². The molecule has 0 saturated carbocycles. The summed E-state index contributed by atoms with van der Waals surface area (Å²) in [5.41, 5.74) is 5.48. The molecule has 4 heteroatoms. The van der Waals surface area contributed by atoms with Gasteiger partial charge in [0.1, 0.15) is 0 Å². The molecule has 0 bridgehead atoms. The molecule has 0 aromatic carbocycles. The predicted octanol–water partition coefficient (Wildman–Crippen LogP) is 1.21. The second-order valence-electron chi connectivity index (χ2n) is 2.15. The van der Waals surface area contributed by atoms with Crippen molar-refractivity contribution in [3.63, 3.8) is 0 Å². The van der Waals surface area contributed by atoms with Gasteiger partial charge >= 0.3 is 0 Å². The van der Waals surface area contributed by atoms with Crippen LogP contribution in [-0.2, 0) is 0 Å². The van der Waals surface area contributed by atoms with Gasteiger partial charge in [-0.1, -0.05) is 29.4 Å². The van der Waals surface area contributed by atoms with E-state index in [1.807, 2.05) is 0 Å². The van der Waals surface area contributed by atoms with Crippen molar-refractivity contribution in [2.75, 3.05) is 13.1 Å². The first-order valence-corrected chi connectivity index (χ1v) is 4.33. The van der Waals surface area contributed by atoms with Crippen LogP contribution < -0.4 is 11.1 Å². The highest BCUT2D eigenvalue weighted by molar-refractivity contribution is 9.11. The van der Waals surface area contributed by atoms with Gasteiger partial charge in [0.05, 0.1) is 6.54 Å². The van der Waals surface area contributed by atoms with E-state index in [4.69, 9.17) is 5.73 Å². The molecule has 0 rings (SSSR count). The first kappa shape index (κ1) is 10.5. The van der Waals surface area contributed by atoms with Gasteiger partial charge < -0.3 is 11.1 Å². The van der Waals surface area contributed by atoms with Crippen molar-refractivity contribution >= 4 is 21.9 Å². The maximum absolute atomic E-state index is 5.48. The molecular weight excluding hydrogens is 206 g/mol. The number of hydrogen-bond acceptors (Lipinski definition) is 1. The quantitative estimate of drug-likeness (QED) is 0.552. The van der Waals surface area contributed by atoms with Gasteiger partial charge in [-0.05, 0) is 6.42 Å². The van der Waals surface area contributed by atoms with Crippen LogP contribution in [0.3, 0.4) is 0 Å². The van der Waals surface area contributed by atoms with Crippen LogP contribution in [0, 0.1) is 0 Å². The first-order chi connectivity index (χ1) is 5.16. The number of nitrogens with zero attached hydrogens (tertiary/aromatic N) is 1. The van der Waals surface area contributed by atoms with Gasteiger partial charge in [-0.2, -0.15) is 0 Å². The molecule has 11 heavy (non-hydrogen) atoms. The van der Waals surface area contributed by atoms with Crippen LogP contribution in [0.1, 0.15) is 13.3 Å². The zero-order chi connectivity index (χ0) is 8.69. The highest BCUT2D eigenvalue weighted by Crippen LogP contribution is 1.98. The zero-order valence-electron chi connectivity index (χ0n) is 6.73. The smallest absolute Gasteiger partial charge is 0.188 e. The average Bonchev–Trinajstić information content (AvgIpc) is 1.97. The molecule has 0 saturated heterocycles. The topological polar surface area (TPSA) is 50.4 Å². The van der Waals surface area contributed by atoms with E-state index in [1.165, 1.54) is 0 Å². The minimum atomic E-state index is 0.479. The normalized spacial score (nSPS) is 11.3. The third-order valence-corrected chi connectivity index (χ3v) is 1.23. The van der Waals surface area contributed by atoms with E-state index in [1.54, 1.807) is 0 Å². The Morgan fingerprint density at radius 3 is 2.82 bits per heavy atom. The van der Waals surface area contributed by atoms with Crippen LogP contribution in [-0.4, -0.2) is 19.0 Å². The summed E-state index contributed by atoms with van der Waals surface area (Å²) in [5, 5.41) is 2.95. The maximum Gasteiger partial charge on any atom is 0.188 e. The Bertz CT molecular complexity index is 154. The molecule has 0 unspecified atom stereocenters. The van der Waals surface area contributed by atoms with Gasteiger partial charge in [-0.3, -0.25) is 0 Å². The molecule has 64 valence electrons. The molecule has 0 aliphatic carbocycles. The fraction of sp³-hybridized carbons (Fsp3) is 0.571. The highest BCUT2D eigenvalue weighted by Gasteiger charge is 1.88. The lowest BCUT2D eigenvalue weighted by atomic mass is 10.5.